The summed E-state index contributed by atoms with van der Waals surface area (Å²) in [7, 11) is -1.81. The Bertz CT molecular complexity index is 886. The van der Waals surface area contributed by atoms with Gasteiger partial charge in [0.2, 0.25) is 0 Å². The third-order valence-corrected chi connectivity index (χ3v) is 5.68. The van der Waals surface area contributed by atoms with E-state index in [1.54, 1.807) is 30.2 Å². The molecule has 1 fully saturated rings. The molecule has 0 saturated carbocycles. The van der Waals surface area contributed by atoms with Gasteiger partial charge in [0.05, 0.1) is 17.6 Å². The molecule has 0 bridgehead atoms. The van der Waals surface area contributed by atoms with E-state index in [-0.39, 0.29) is 16.4 Å². The van der Waals surface area contributed by atoms with E-state index in [0.717, 1.165) is 17.7 Å². The van der Waals surface area contributed by atoms with E-state index >= 15 is 0 Å². The number of carbonyl (C=O) groups is 1. The second kappa shape index (κ2) is 7.37. The Morgan fingerprint density at radius 1 is 0.962 bits per heavy atom. The predicted molar refractivity (Wildman–Crippen MR) is 101 cm³/mol. The zero-order chi connectivity index (χ0) is 18.7. The largest absolute Gasteiger partial charge is 0.497 e. The molecule has 6 nitrogen and oxygen atoms in total. The van der Waals surface area contributed by atoms with Gasteiger partial charge in [-0.05, 0) is 36.4 Å². The van der Waals surface area contributed by atoms with Gasteiger partial charge in [-0.25, -0.2) is 8.42 Å². The van der Waals surface area contributed by atoms with Crippen LogP contribution in [0.4, 0.5) is 5.69 Å². The minimum absolute atomic E-state index is 0.0857. The van der Waals surface area contributed by atoms with Gasteiger partial charge < -0.3 is 14.5 Å². The Balaban J connectivity index is 1.71. The van der Waals surface area contributed by atoms with Crippen molar-refractivity contribution in [2.24, 2.45) is 0 Å². The number of hydrogen-bond acceptors (Lipinski definition) is 5. The standard InChI is InChI=1S/C19H22N2O4S/c1-25-16-9-7-15(8-10-16)20-11-13-21(14-12-20)19(22)17-5-3-4-6-18(17)26(2,23)24/h3-10H,11-14H2,1-2H3. The van der Waals surface area contributed by atoms with Crippen molar-refractivity contribution in [3.05, 3.63) is 54.1 Å². The van der Waals surface area contributed by atoms with Crippen LogP contribution in [-0.4, -0.2) is 58.8 Å². The van der Waals surface area contributed by atoms with Crippen molar-refractivity contribution in [2.75, 3.05) is 44.4 Å². The molecule has 1 heterocycles. The molecular formula is C19H22N2O4S. The number of rotatable bonds is 4. The molecule has 0 aromatic heterocycles. The molecule has 1 aliphatic heterocycles. The van der Waals surface area contributed by atoms with Crippen LogP contribution in [0.1, 0.15) is 10.4 Å². The summed E-state index contributed by atoms with van der Waals surface area (Å²) in [4.78, 5) is 16.8. The molecule has 0 unspecified atom stereocenters. The van der Waals surface area contributed by atoms with Gasteiger partial charge in [-0.3, -0.25) is 4.79 Å². The first-order valence-corrected chi connectivity index (χ1v) is 10.3. The lowest BCUT2D eigenvalue weighted by Gasteiger charge is -2.36. The summed E-state index contributed by atoms with van der Waals surface area (Å²) >= 11 is 0. The average Bonchev–Trinajstić information content (AvgIpc) is 2.67. The van der Waals surface area contributed by atoms with E-state index < -0.39 is 9.84 Å². The van der Waals surface area contributed by atoms with Crippen molar-refractivity contribution >= 4 is 21.4 Å². The maximum absolute atomic E-state index is 12.8. The molecule has 3 rings (SSSR count). The third kappa shape index (κ3) is 3.83. The minimum atomic E-state index is -3.45. The van der Waals surface area contributed by atoms with Crippen LogP contribution < -0.4 is 9.64 Å². The summed E-state index contributed by atoms with van der Waals surface area (Å²) in [5.74, 6) is 0.570. The van der Waals surface area contributed by atoms with E-state index in [1.165, 1.54) is 6.07 Å². The molecule has 26 heavy (non-hydrogen) atoms. The van der Waals surface area contributed by atoms with Crippen molar-refractivity contribution in [3.8, 4) is 5.75 Å². The highest BCUT2D eigenvalue weighted by Crippen LogP contribution is 2.22. The molecule has 2 aromatic carbocycles. The number of benzene rings is 2. The van der Waals surface area contributed by atoms with Gasteiger partial charge in [-0.2, -0.15) is 0 Å². The number of carbonyl (C=O) groups excluding carboxylic acids is 1. The highest BCUT2D eigenvalue weighted by molar-refractivity contribution is 7.90. The van der Waals surface area contributed by atoms with Gasteiger partial charge >= 0.3 is 0 Å². The number of sulfone groups is 1. The van der Waals surface area contributed by atoms with Crippen LogP contribution >= 0.6 is 0 Å². The van der Waals surface area contributed by atoms with Crippen molar-refractivity contribution in [1.82, 2.24) is 4.90 Å². The van der Waals surface area contributed by atoms with Gasteiger partial charge in [0.25, 0.3) is 5.91 Å². The van der Waals surface area contributed by atoms with E-state index in [9.17, 15) is 13.2 Å². The second-order valence-corrected chi connectivity index (χ2v) is 8.23. The maximum Gasteiger partial charge on any atom is 0.255 e. The van der Waals surface area contributed by atoms with Gasteiger partial charge in [-0.1, -0.05) is 12.1 Å². The first-order valence-electron chi connectivity index (χ1n) is 8.37. The lowest BCUT2D eigenvalue weighted by atomic mass is 10.1. The Hall–Kier alpha value is -2.54. The monoisotopic (exact) mass is 374 g/mol. The molecule has 1 saturated heterocycles. The Kier molecular flexibility index (Phi) is 5.18. The number of piperazine rings is 1. The SMILES string of the molecule is COc1ccc(N2CCN(C(=O)c3ccccc3S(C)(=O)=O)CC2)cc1. The lowest BCUT2D eigenvalue weighted by Crippen LogP contribution is -2.49. The average molecular weight is 374 g/mol. The molecule has 0 atom stereocenters. The summed E-state index contributed by atoms with van der Waals surface area (Å²) < 4.78 is 29.1. The smallest absolute Gasteiger partial charge is 0.255 e. The summed E-state index contributed by atoms with van der Waals surface area (Å²) in [6.45, 7) is 2.48. The van der Waals surface area contributed by atoms with Crippen LogP contribution in [0.15, 0.2) is 53.4 Å². The fourth-order valence-corrected chi connectivity index (χ4v) is 3.98. The van der Waals surface area contributed by atoms with Crippen molar-refractivity contribution in [3.63, 3.8) is 0 Å². The van der Waals surface area contributed by atoms with Crippen LogP contribution in [0, 0.1) is 0 Å². The summed E-state index contributed by atoms with van der Waals surface area (Å²) in [6.07, 6.45) is 1.13. The Morgan fingerprint density at radius 2 is 1.58 bits per heavy atom. The zero-order valence-electron chi connectivity index (χ0n) is 14.9. The Labute approximate surface area is 153 Å². The van der Waals surface area contributed by atoms with Crippen molar-refractivity contribution < 1.29 is 17.9 Å². The third-order valence-electron chi connectivity index (χ3n) is 4.52. The zero-order valence-corrected chi connectivity index (χ0v) is 15.7. The summed E-state index contributed by atoms with van der Waals surface area (Å²) in [5.41, 5.74) is 1.32. The molecule has 1 amide bonds. The molecule has 2 aromatic rings. The maximum atomic E-state index is 12.8. The molecule has 0 N–H and O–H groups in total. The van der Waals surface area contributed by atoms with E-state index in [4.69, 9.17) is 4.74 Å². The topological polar surface area (TPSA) is 66.9 Å². The van der Waals surface area contributed by atoms with E-state index in [1.807, 2.05) is 24.3 Å². The molecular weight excluding hydrogens is 352 g/mol. The van der Waals surface area contributed by atoms with Gasteiger partial charge in [-0.15, -0.1) is 0 Å². The molecule has 1 aliphatic rings. The number of hydrogen-bond donors (Lipinski definition) is 0. The predicted octanol–water partition coefficient (Wildman–Crippen LogP) is 2.06. The van der Waals surface area contributed by atoms with Crippen LogP contribution in [0.5, 0.6) is 5.75 Å². The van der Waals surface area contributed by atoms with Crippen LogP contribution in [0.25, 0.3) is 0 Å². The van der Waals surface area contributed by atoms with Crippen molar-refractivity contribution in [2.45, 2.75) is 4.90 Å². The van der Waals surface area contributed by atoms with Gasteiger partial charge in [0.15, 0.2) is 9.84 Å². The van der Waals surface area contributed by atoms with Crippen LogP contribution in [-0.2, 0) is 9.84 Å². The number of amides is 1. The highest BCUT2D eigenvalue weighted by atomic mass is 32.2. The molecule has 0 aliphatic carbocycles. The van der Waals surface area contributed by atoms with E-state index in [0.29, 0.717) is 26.2 Å². The molecule has 7 heteroatoms. The molecule has 0 radical (unpaired) electrons. The van der Waals surface area contributed by atoms with Crippen LogP contribution in [0.2, 0.25) is 0 Å². The number of methoxy groups -OCH3 is 1. The minimum Gasteiger partial charge on any atom is -0.497 e. The second-order valence-electron chi connectivity index (χ2n) is 6.25. The number of nitrogens with zero attached hydrogens (tertiary/aromatic N) is 2. The first kappa shape index (κ1) is 18.3. The first-order chi connectivity index (χ1) is 12.4. The number of ether oxygens (including phenoxy) is 1. The fraction of sp³-hybridized carbons (Fsp3) is 0.316. The number of anilines is 1. The summed E-state index contributed by atoms with van der Waals surface area (Å²) in [5, 5.41) is 0. The van der Waals surface area contributed by atoms with E-state index in [2.05, 4.69) is 4.90 Å². The molecule has 138 valence electrons. The van der Waals surface area contributed by atoms with Gasteiger partial charge in [0, 0.05) is 38.1 Å². The lowest BCUT2D eigenvalue weighted by molar-refractivity contribution is 0.0743. The highest BCUT2D eigenvalue weighted by Gasteiger charge is 2.26. The van der Waals surface area contributed by atoms with Crippen molar-refractivity contribution in [1.29, 1.82) is 0 Å². The summed E-state index contributed by atoms with van der Waals surface area (Å²) in [6, 6.07) is 14.2. The van der Waals surface area contributed by atoms with Gasteiger partial charge in [0.1, 0.15) is 5.75 Å². The normalized spacial score (nSPS) is 15.0. The van der Waals surface area contributed by atoms with Crippen LogP contribution in [0.3, 0.4) is 0 Å². The fourth-order valence-electron chi connectivity index (χ4n) is 3.10. The quantitative estimate of drug-likeness (QED) is 0.820. The Morgan fingerprint density at radius 3 is 2.15 bits per heavy atom. The molecule has 0 spiro atoms.